The second-order valence-electron chi connectivity index (χ2n) is 3.49. The van der Waals surface area contributed by atoms with Crippen molar-refractivity contribution < 1.29 is 26.2 Å². The molecule has 0 aromatic heterocycles. The Morgan fingerprint density at radius 1 is 0.778 bits per heavy atom. The third kappa shape index (κ3) is 6.52. The standard InChI is InChI=1S/C12H10.C5H8.Zr/c1-3-7-11(8-4-1)12-9-5-2-6-10-12;1-3-5-4-2;/h1-10H;3-5H,1H2,2H3;. The molecule has 18 heavy (non-hydrogen) atoms. The van der Waals surface area contributed by atoms with Crippen LogP contribution >= 0.6 is 0 Å². The quantitative estimate of drug-likeness (QED) is 0.677. The van der Waals surface area contributed by atoms with E-state index < -0.39 is 0 Å². The maximum atomic E-state index is 3.46. The van der Waals surface area contributed by atoms with Gasteiger partial charge in [0.1, 0.15) is 0 Å². The van der Waals surface area contributed by atoms with Crippen LogP contribution in [0.15, 0.2) is 85.5 Å². The van der Waals surface area contributed by atoms with E-state index in [2.05, 4.69) is 55.1 Å². The summed E-state index contributed by atoms with van der Waals surface area (Å²) in [4.78, 5) is 0. The summed E-state index contributed by atoms with van der Waals surface area (Å²) >= 11 is 0. The van der Waals surface area contributed by atoms with E-state index in [0.29, 0.717) is 0 Å². The smallest absolute Gasteiger partial charge is 0 e. The van der Waals surface area contributed by atoms with Gasteiger partial charge in [-0.05, 0) is 18.1 Å². The van der Waals surface area contributed by atoms with E-state index in [0.717, 1.165) is 0 Å². The molecule has 0 aliphatic heterocycles. The van der Waals surface area contributed by atoms with Gasteiger partial charge in [-0.2, -0.15) is 0 Å². The first-order valence-electron chi connectivity index (χ1n) is 5.72. The van der Waals surface area contributed by atoms with Crippen molar-refractivity contribution >= 4 is 0 Å². The fourth-order valence-corrected chi connectivity index (χ4v) is 1.40. The Morgan fingerprint density at radius 3 is 1.39 bits per heavy atom. The molecule has 2 aromatic carbocycles. The average Bonchev–Trinajstić information content (AvgIpc) is 2.42. The predicted octanol–water partition coefficient (Wildman–Crippen LogP) is 5.10. The fraction of sp³-hybridized carbons (Fsp3) is 0.0588. The van der Waals surface area contributed by atoms with Crippen LogP contribution in [0.25, 0.3) is 11.1 Å². The first kappa shape index (κ1) is 16.8. The molecule has 0 N–H and O–H groups in total. The van der Waals surface area contributed by atoms with Gasteiger partial charge in [0.2, 0.25) is 0 Å². The maximum absolute atomic E-state index is 3.46. The van der Waals surface area contributed by atoms with Gasteiger partial charge in [-0.3, -0.25) is 0 Å². The van der Waals surface area contributed by atoms with Gasteiger partial charge in [0, 0.05) is 26.2 Å². The van der Waals surface area contributed by atoms with Crippen molar-refractivity contribution in [2.24, 2.45) is 0 Å². The Balaban J connectivity index is 0.000000421. The molecule has 0 heterocycles. The van der Waals surface area contributed by atoms with Crippen LogP contribution in [-0.4, -0.2) is 0 Å². The van der Waals surface area contributed by atoms with Gasteiger partial charge in [0.15, 0.2) is 0 Å². The largest absolute Gasteiger partial charge is 0.0991 e. The van der Waals surface area contributed by atoms with Crippen LogP contribution in [0.2, 0.25) is 0 Å². The van der Waals surface area contributed by atoms with Crippen LogP contribution in [-0.2, 0) is 26.2 Å². The van der Waals surface area contributed by atoms with E-state index in [1.807, 2.05) is 31.2 Å². The fourth-order valence-electron chi connectivity index (χ4n) is 1.40. The molecule has 0 amide bonds. The van der Waals surface area contributed by atoms with Crippen LogP contribution in [0.5, 0.6) is 0 Å². The molecule has 0 spiro atoms. The van der Waals surface area contributed by atoms with E-state index in [-0.39, 0.29) is 26.2 Å². The minimum atomic E-state index is 0. The Labute approximate surface area is 129 Å². The van der Waals surface area contributed by atoms with E-state index >= 15 is 0 Å². The van der Waals surface area contributed by atoms with E-state index in [9.17, 15) is 0 Å². The molecular formula is C17H18Zr. The average molecular weight is 314 g/mol. The molecule has 0 nitrogen and oxygen atoms in total. The van der Waals surface area contributed by atoms with Crippen molar-refractivity contribution in [3.05, 3.63) is 85.5 Å². The zero-order valence-electron chi connectivity index (χ0n) is 10.7. The van der Waals surface area contributed by atoms with Crippen molar-refractivity contribution in [1.29, 1.82) is 0 Å². The van der Waals surface area contributed by atoms with Crippen molar-refractivity contribution in [2.75, 3.05) is 0 Å². The van der Waals surface area contributed by atoms with Crippen molar-refractivity contribution in [1.82, 2.24) is 0 Å². The Hall–Kier alpha value is -1.20. The summed E-state index contributed by atoms with van der Waals surface area (Å²) in [5, 5.41) is 0. The van der Waals surface area contributed by atoms with Gasteiger partial charge >= 0.3 is 0 Å². The van der Waals surface area contributed by atoms with E-state index in [4.69, 9.17) is 0 Å². The van der Waals surface area contributed by atoms with Crippen LogP contribution in [0, 0.1) is 0 Å². The first-order valence-corrected chi connectivity index (χ1v) is 5.72. The zero-order chi connectivity index (χ0) is 12.3. The SMILES string of the molecule is C=CC=CC.[Zr].c1ccc(-c2ccccc2)cc1. The molecule has 0 fully saturated rings. The van der Waals surface area contributed by atoms with Gasteiger partial charge in [-0.1, -0.05) is 85.5 Å². The van der Waals surface area contributed by atoms with Crippen LogP contribution in [0.3, 0.4) is 0 Å². The summed E-state index contributed by atoms with van der Waals surface area (Å²) < 4.78 is 0. The first-order chi connectivity index (χ1) is 8.38. The molecule has 90 valence electrons. The minimum absolute atomic E-state index is 0. The zero-order valence-corrected chi connectivity index (χ0v) is 13.2. The predicted molar refractivity (Wildman–Crippen MR) is 76.9 cm³/mol. The van der Waals surface area contributed by atoms with Crippen molar-refractivity contribution in [3.8, 4) is 11.1 Å². The van der Waals surface area contributed by atoms with Gasteiger partial charge in [0.05, 0.1) is 0 Å². The molecule has 2 aromatic rings. The molecule has 0 atom stereocenters. The third-order valence-corrected chi connectivity index (χ3v) is 2.21. The van der Waals surface area contributed by atoms with Gasteiger partial charge in [-0.15, -0.1) is 0 Å². The number of rotatable bonds is 2. The molecule has 0 unspecified atom stereocenters. The topological polar surface area (TPSA) is 0 Å². The number of hydrogen-bond donors (Lipinski definition) is 0. The number of hydrogen-bond acceptors (Lipinski definition) is 0. The summed E-state index contributed by atoms with van der Waals surface area (Å²) in [7, 11) is 0. The van der Waals surface area contributed by atoms with Gasteiger partial charge in [-0.25, -0.2) is 0 Å². The van der Waals surface area contributed by atoms with E-state index in [1.54, 1.807) is 6.08 Å². The summed E-state index contributed by atoms with van der Waals surface area (Å²) in [5.74, 6) is 0. The van der Waals surface area contributed by atoms with E-state index in [1.165, 1.54) is 11.1 Å². The summed E-state index contributed by atoms with van der Waals surface area (Å²) in [6.07, 6.45) is 5.58. The molecule has 0 aliphatic rings. The van der Waals surface area contributed by atoms with Crippen LogP contribution in [0.4, 0.5) is 0 Å². The maximum Gasteiger partial charge on any atom is 0 e. The van der Waals surface area contributed by atoms with Crippen LogP contribution < -0.4 is 0 Å². The molecule has 0 radical (unpaired) electrons. The third-order valence-electron chi connectivity index (χ3n) is 2.21. The monoisotopic (exact) mass is 312 g/mol. The minimum Gasteiger partial charge on any atom is -0.0991 e. The summed E-state index contributed by atoms with van der Waals surface area (Å²) in [6, 6.07) is 20.8. The molecule has 0 saturated carbocycles. The van der Waals surface area contributed by atoms with Gasteiger partial charge in [0.25, 0.3) is 0 Å². The Bertz CT molecular complexity index is 406. The summed E-state index contributed by atoms with van der Waals surface area (Å²) in [5.41, 5.74) is 2.55. The molecular weight excluding hydrogens is 295 g/mol. The second kappa shape index (κ2) is 10.9. The normalized spacial score (nSPS) is 8.94. The Morgan fingerprint density at radius 2 is 1.17 bits per heavy atom. The summed E-state index contributed by atoms with van der Waals surface area (Å²) in [6.45, 7) is 5.42. The van der Waals surface area contributed by atoms with Gasteiger partial charge < -0.3 is 0 Å². The number of benzene rings is 2. The second-order valence-corrected chi connectivity index (χ2v) is 3.49. The van der Waals surface area contributed by atoms with Crippen molar-refractivity contribution in [3.63, 3.8) is 0 Å². The molecule has 2 rings (SSSR count). The molecule has 0 bridgehead atoms. The molecule has 0 aliphatic carbocycles. The Kier molecular flexibility index (Phi) is 10.2. The number of allylic oxidation sites excluding steroid dienone is 3. The molecule has 0 saturated heterocycles. The van der Waals surface area contributed by atoms with Crippen LogP contribution in [0.1, 0.15) is 6.92 Å². The van der Waals surface area contributed by atoms with Crippen molar-refractivity contribution in [2.45, 2.75) is 6.92 Å². The molecule has 1 heteroatoms.